The highest BCUT2D eigenvalue weighted by atomic mass is 15.0. The number of nitrogens with zero attached hydrogens (tertiary/aromatic N) is 5. The van der Waals surface area contributed by atoms with Crippen LogP contribution in [-0.4, -0.2) is 23.7 Å². The molecule has 0 bridgehead atoms. The maximum absolute atomic E-state index is 5.20. The number of para-hydroxylation sites is 2. The SMILES string of the molecule is CC1(C)c2ccccc2-c2ccc(-n3c4ccccc4c4cc(-c5ccc6c(c5)c5cc(-c7ccc8c(c7)c7ccccc7n8-c7ccc8c(c7)C(C)(C)c7ccccc7-8)ccc5n6-c5ccc(-c6nc(-c7ccccc7)cc(-c7ccccc7)n6)cc5)ccc43)cc21. The van der Waals surface area contributed by atoms with E-state index in [4.69, 9.17) is 9.97 Å². The molecule has 17 aromatic rings. The van der Waals surface area contributed by atoms with Crippen molar-refractivity contribution in [2.24, 2.45) is 0 Å². The van der Waals surface area contributed by atoms with Crippen LogP contribution in [0.25, 0.3) is 161 Å². The number of fused-ring (bicyclic) bond motifs is 15. The molecule has 4 heterocycles. The molecule has 0 aliphatic heterocycles. The summed E-state index contributed by atoms with van der Waals surface area (Å²) >= 11 is 0. The van der Waals surface area contributed by atoms with Crippen molar-refractivity contribution in [3.05, 3.63) is 320 Å². The van der Waals surface area contributed by atoms with E-state index in [9.17, 15) is 0 Å². The molecule has 438 valence electrons. The van der Waals surface area contributed by atoms with Gasteiger partial charge in [0.25, 0.3) is 0 Å². The highest BCUT2D eigenvalue weighted by molar-refractivity contribution is 6.15. The van der Waals surface area contributed by atoms with E-state index in [1.54, 1.807) is 0 Å². The largest absolute Gasteiger partial charge is 0.309 e. The molecule has 0 unspecified atom stereocenters. The van der Waals surface area contributed by atoms with Crippen LogP contribution in [0.15, 0.2) is 297 Å². The second-order valence-corrected chi connectivity index (χ2v) is 26.5. The first-order chi connectivity index (χ1) is 45.6. The van der Waals surface area contributed by atoms with E-state index in [1.807, 2.05) is 12.1 Å². The lowest BCUT2D eigenvalue weighted by Crippen LogP contribution is -2.15. The molecular formula is C88H61N5. The van der Waals surface area contributed by atoms with E-state index in [2.05, 4.69) is 327 Å². The van der Waals surface area contributed by atoms with E-state index in [0.717, 1.165) is 55.9 Å². The quantitative estimate of drug-likeness (QED) is 0.152. The molecule has 0 amide bonds. The Morgan fingerprint density at radius 2 is 0.548 bits per heavy atom. The molecule has 13 aromatic carbocycles. The summed E-state index contributed by atoms with van der Waals surface area (Å²) in [4.78, 5) is 10.4. The molecule has 93 heavy (non-hydrogen) atoms. The normalized spacial score (nSPS) is 13.5. The van der Waals surface area contributed by atoms with Crippen molar-refractivity contribution < 1.29 is 0 Å². The molecule has 0 saturated carbocycles. The fourth-order valence-corrected chi connectivity index (χ4v) is 16.0. The molecule has 0 radical (unpaired) electrons. The summed E-state index contributed by atoms with van der Waals surface area (Å²) in [6.45, 7) is 9.46. The molecule has 0 spiro atoms. The van der Waals surface area contributed by atoms with Crippen LogP contribution in [0.2, 0.25) is 0 Å². The fraction of sp³-hybridized carbons (Fsp3) is 0.0682. The van der Waals surface area contributed by atoms with Gasteiger partial charge >= 0.3 is 0 Å². The summed E-state index contributed by atoms with van der Waals surface area (Å²) in [6, 6.07) is 110. The summed E-state index contributed by atoms with van der Waals surface area (Å²) in [6.07, 6.45) is 0. The molecule has 0 N–H and O–H groups in total. The van der Waals surface area contributed by atoms with E-state index < -0.39 is 0 Å². The van der Waals surface area contributed by atoms with Crippen LogP contribution >= 0.6 is 0 Å². The topological polar surface area (TPSA) is 40.6 Å². The predicted octanol–water partition coefficient (Wildman–Crippen LogP) is 22.7. The molecule has 2 aliphatic rings. The summed E-state index contributed by atoms with van der Waals surface area (Å²) in [5.74, 6) is 0.683. The Balaban J connectivity index is 0.758. The van der Waals surface area contributed by atoms with Gasteiger partial charge in [-0.2, -0.15) is 0 Å². The van der Waals surface area contributed by atoms with Crippen LogP contribution in [0, 0.1) is 0 Å². The van der Waals surface area contributed by atoms with Gasteiger partial charge in [-0.05, 0) is 182 Å². The molecule has 5 heteroatoms. The number of hydrogen-bond donors (Lipinski definition) is 0. The Labute approximate surface area is 539 Å². The van der Waals surface area contributed by atoms with Crippen LogP contribution < -0.4 is 0 Å². The molecule has 0 fully saturated rings. The molecule has 4 aromatic heterocycles. The Morgan fingerprint density at radius 1 is 0.226 bits per heavy atom. The number of rotatable bonds is 8. The molecule has 5 nitrogen and oxygen atoms in total. The van der Waals surface area contributed by atoms with Crippen molar-refractivity contribution in [1.82, 2.24) is 23.7 Å². The van der Waals surface area contributed by atoms with Gasteiger partial charge in [0, 0.05) is 76.9 Å². The zero-order valence-corrected chi connectivity index (χ0v) is 52.0. The lowest BCUT2D eigenvalue weighted by atomic mass is 9.82. The van der Waals surface area contributed by atoms with Crippen molar-refractivity contribution in [2.75, 3.05) is 0 Å². The van der Waals surface area contributed by atoms with Gasteiger partial charge in [0.15, 0.2) is 5.82 Å². The van der Waals surface area contributed by atoms with Gasteiger partial charge in [-0.3, -0.25) is 0 Å². The summed E-state index contributed by atoms with van der Waals surface area (Å²) in [5, 5.41) is 7.30. The first-order valence-corrected chi connectivity index (χ1v) is 32.4. The molecule has 19 rings (SSSR count). The second-order valence-electron chi connectivity index (χ2n) is 26.5. The number of hydrogen-bond acceptors (Lipinski definition) is 2. The van der Waals surface area contributed by atoms with Crippen molar-refractivity contribution in [2.45, 2.75) is 38.5 Å². The Hall–Kier alpha value is -11.7. The Kier molecular flexibility index (Phi) is 11.4. The van der Waals surface area contributed by atoms with Gasteiger partial charge in [0.2, 0.25) is 0 Å². The predicted molar refractivity (Wildman–Crippen MR) is 387 cm³/mol. The van der Waals surface area contributed by atoms with Crippen LogP contribution in [-0.2, 0) is 10.8 Å². The third kappa shape index (κ3) is 7.99. The van der Waals surface area contributed by atoms with E-state index in [0.29, 0.717) is 5.82 Å². The van der Waals surface area contributed by atoms with Crippen LogP contribution in [0.4, 0.5) is 0 Å². The number of aromatic nitrogens is 5. The van der Waals surface area contributed by atoms with E-state index in [1.165, 1.54) is 121 Å². The average Bonchev–Trinajstić information content (AvgIpc) is 1.59. The highest BCUT2D eigenvalue weighted by Crippen LogP contribution is 2.52. The molecule has 0 atom stereocenters. The van der Waals surface area contributed by atoms with E-state index in [-0.39, 0.29) is 10.8 Å². The summed E-state index contributed by atoms with van der Waals surface area (Å²) in [5.41, 5.74) is 30.5. The molecule has 0 saturated heterocycles. The molecular weight excluding hydrogens is 1130 g/mol. The summed E-state index contributed by atoms with van der Waals surface area (Å²) in [7, 11) is 0. The summed E-state index contributed by atoms with van der Waals surface area (Å²) < 4.78 is 7.36. The number of benzene rings is 13. The maximum Gasteiger partial charge on any atom is 0.160 e. The van der Waals surface area contributed by atoms with Crippen LogP contribution in [0.1, 0.15) is 49.9 Å². The van der Waals surface area contributed by atoms with Crippen LogP contribution in [0.5, 0.6) is 0 Å². The highest BCUT2D eigenvalue weighted by Gasteiger charge is 2.37. The standard InChI is InChI=1S/C88H61N5/c1-87(2)74-27-15-11-23-64(74)66-41-39-62(51-76(66)87)92-80-29-17-13-25-68(80)70-47-57(33-43-82(70)92)59-35-45-84-72(49-59)73-50-60(36-46-85(73)91(84)61-37-31-56(32-38-61)86-89-78(54-19-7-5-8-20-54)53-79(90-86)55-21-9-6-10-22-55)58-34-44-83-71(48-58)69-26-14-18-30-81(69)93(83)63-40-42-67-65-24-12-16-28-75(65)88(3,4)77(67)52-63/h5-53H,1-4H3. The lowest BCUT2D eigenvalue weighted by Gasteiger charge is -2.22. The maximum atomic E-state index is 5.20. The van der Waals surface area contributed by atoms with Crippen molar-refractivity contribution >= 4 is 65.4 Å². The third-order valence-corrected chi connectivity index (χ3v) is 20.7. The lowest BCUT2D eigenvalue weighted by molar-refractivity contribution is 0.660. The van der Waals surface area contributed by atoms with Crippen molar-refractivity contribution in [3.63, 3.8) is 0 Å². The van der Waals surface area contributed by atoms with Gasteiger partial charge in [-0.25, -0.2) is 9.97 Å². The third-order valence-electron chi connectivity index (χ3n) is 20.7. The van der Waals surface area contributed by atoms with Gasteiger partial charge in [0.05, 0.1) is 44.5 Å². The smallest absolute Gasteiger partial charge is 0.160 e. The minimum Gasteiger partial charge on any atom is -0.309 e. The average molecular weight is 1190 g/mol. The van der Waals surface area contributed by atoms with Gasteiger partial charge in [-0.15, -0.1) is 0 Å². The second kappa shape index (κ2) is 19.9. The Bertz CT molecular complexity index is 5640. The first-order valence-electron chi connectivity index (χ1n) is 32.4. The minimum atomic E-state index is -0.109. The van der Waals surface area contributed by atoms with E-state index >= 15 is 0 Å². The molecule has 2 aliphatic carbocycles. The minimum absolute atomic E-state index is 0.109. The zero-order chi connectivity index (χ0) is 61.8. The zero-order valence-electron chi connectivity index (χ0n) is 52.0. The van der Waals surface area contributed by atoms with Crippen LogP contribution in [0.3, 0.4) is 0 Å². The fourth-order valence-electron chi connectivity index (χ4n) is 16.0. The Morgan fingerprint density at radius 3 is 0.978 bits per heavy atom. The van der Waals surface area contributed by atoms with Gasteiger partial charge in [-0.1, -0.05) is 210 Å². The first kappa shape index (κ1) is 53.2. The van der Waals surface area contributed by atoms with Crippen molar-refractivity contribution in [3.8, 4) is 95.5 Å². The van der Waals surface area contributed by atoms with Gasteiger partial charge < -0.3 is 13.7 Å². The van der Waals surface area contributed by atoms with Gasteiger partial charge in [0.1, 0.15) is 0 Å². The van der Waals surface area contributed by atoms with Crippen molar-refractivity contribution in [1.29, 1.82) is 0 Å². The monoisotopic (exact) mass is 1190 g/mol.